The highest BCUT2D eigenvalue weighted by Gasteiger charge is 2.20. The van der Waals surface area contributed by atoms with E-state index in [1.807, 2.05) is 17.5 Å². The van der Waals surface area contributed by atoms with Crippen molar-refractivity contribution in [3.8, 4) is 10.6 Å². The van der Waals surface area contributed by atoms with E-state index in [4.69, 9.17) is 5.11 Å². The summed E-state index contributed by atoms with van der Waals surface area (Å²) >= 11 is 1.55. The zero-order valence-corrected chi connectivity index (χ0v) is 12.0. The van der Waals surface area contributed by atoms with Crippen molar-refractivity contribution in [1.82, 2.24) is 15.1 Å². The topological polar surface area (TPSA) is 86.3 Å². The Morgan fingerprint density at radius 2 is 2.30 bits per heavy atom. The van der Waals surface area contributed by atoms with Crippen LogP contribution in [0.1, 0.15) is 17.4 Å². The third-order valence-electron chi connectivity index (χ3n) is 2.90. The van der Waals surface area contributed by atoms with Crippen LogP contribution in [0.4, 0.5) is 0 Å². The van der Waals surface area contributed by atoms with Crippen molar-refractivity contribution in [3.05, 3.63) is 29.3 Å². The van der Waals surface area contributed by atoms with Crippen molar-refractivity contribution in [1.29, 1.82) is 0 Å². The number of thiophene rings is 1. The summed E-state index contributed by atoms with van der Waals surface area (Å²) in [7, 11) is 1.57. The zero-order chi connectivity index (χ0) is 14.7. The van der Waals surface area contributed by atoms with Crippen molar-refractivity contribution in [2.45, 2.75) is 6.92 Å². The number of rotatable bonds is 5. The van der Waals surface area contributed by atoms with Crippen LogP contribution in [-0.2, 0) is 4.79 Å². The maximum Gasteiger partial charge on any atom is 0.308 e. The lowest BCUT2D eigenvalue weighted by Gasteiger charge is -2.18. The molecule has 0 spiro atoms. The van der Waals surface area contributed by atoms with Crippen LogP contribution in [0, 0.1) is 5.92 Å². The third kappa shape index (κ3) is 3.05. The second-order valence-electron chi connectivity index (χ2n) is 4.57. The first-order valence-electron chi connectivity index (χ1n) is 6.06. The van der Waals surface area contributed by atoms with Crippen LogP contribution >= 0.6 is 11.3 Å². The molecule has 0 aromatic carbocycles. The highest BCUT2D eigenvalue weighted by atomic mass is 32.1. The van der Waals surface area contributed by atoms with Gasteiger partial charge < -0.3 is 10.0 Å². The van der Waals surface area contributed by atoms with E-state index in [2.05, 4.69) is 10.2 Å². The Bertz CT molecular complexity index is 606. The number of carbonyl (C=O) groups excluding carboxylic acids is 1. The maximum atomic E-state index is 12.1. The minimum atomic E-state index is -0.925. The largest absolute Gasteiger partial charge is 0.481 e. The first-order valence-corrected chi connectivity index (χ1v) is 6.94. The highest BCUT2D eigenvalue weighted by molar-refractivity contribution is 7.13. The van der Waals surface area contributed by atoms with Gasteiger partial charge in [-0.15, -0.1) is 11.3 Å². The van der Waals surface area contributed by atoms with Gasteiger partial charge in [0.2, 0.25) is 0 Å². The molecule has 0 aliphatic carbocycles. The van der Waals surface area contributed by atoms with E-state index >= 15 is 0 Å². The predicted molar refractivity (Wildman–Crippen MR) is 75.7 cm³/mol. The molecule has 1 atom stereocenters. The van der Waals surface area contributed by atoms with Crippen molar-refractivity contribution >= 4 is 23.2 Å². The molecule has 0 radical (unpaired) electrons. The number of hydrogen-bond acceptors (Lipinski definition) is 4. The van der Waals surface area contributed by atoms with Crippen molar-refractivity contribution in [3.63, 3.8) is 0 Å². The van der Waals surface area contributed by atoms with E-state index in [-0.39, 0.29) is 18.1 Å². The smallest absolute Gasteiger partial charge is 0.308 e. The number of aromatic nitrogens is 2. The fraction of sp³-hybridized carbons (Fsp3) is 0.308. The molecule has 0 aliphatic rings. The molecule has 20 heavy (non-hydrogen) atoms. The Labute approximate surface area is 120 Å². The molecule has 0 fully saturated rings. The van der Waals surface area contributed by atoms with Gasteiger partial charge in [-0.05, 0) is 17.5 Å². The Balaban J connectivity index is 2.08. The fourth-order valence-electron chi connectivity index (χ4n) is 1.76. The summed E-state index contributed by atoms with van der Waals surface area (Å²) in [5.41, 5.74) is 1.07. The minimum Gasteiger partial charge on any atom is -0.481 e. The number of H-pyrrole nitrogens is 1. The van der Waals surface area contributed by atoms with Gasteiger partial charge >= 0.3 is 5.97 Å². The number of aromatic amines is 1. The van der Waals surface area contributed by atoms with Crippen LogP contribution in [-0.4, -0.2) is 45.7 Å². The average Bonchev–Trinajstić information content (AvgIpc) is 3.07. The van der Waals surface area contributed by atoms with Gasteiger partial charge in [0.25, 0.3) is 5.91 Å². The summed E-state index contributed by atoms with van der Waals surface area (Å²) in [6.45, 7) is 1.71. The van der Waals surface area contributed by atoms with Crippen LogP contribution in [0.5, 0.6) is 0 Å². The molecule has 0 bridgehead atoms. The molecule has 2 rings (SSSR count). The summed E-state index contributed by atoms with van der Waals surface area (Å²) in [6.07, 6.45) is 0. The molecule has 1 amide bonds. The molecule has 2 N–H and O–H groups in total. The normalized spacial score (nSPS) is 12.1. The van der Waals surface area contributed by atoms with Gasteiger partial charge in [-0.3, -0.25) is 14.7 Å². The van der Waals surface area contributed by atoms with Gasteiger partial charge in [0, 0.05) is 13.6 Å². The van der Waals surface area contributed by atoms with E-state index in [1.165, 1.54) is 4.90 Å². The SMILES string of the molecule is C[C@H](CN(C)C(=O)c1cc(-c2cccs2)[nH]n1)C(=O)O. The molecule has 0 saturated heterocycles. The van der Waals surface area contributed by atoms with Gasteiger partial charge in [-0.25, -0.2) is 0 Å². The lowest BCUT2D eigenvalue weighted by atomic mass is 10.1. The molecule has 2 aromatic rings. The monoisotopic (exact) mass is 293 g/mol. The summed E-state index contributed by atoms with van der Waals surface area (Å²) in [6, 6.07) is 5.53. The van der Waals surface area contributed by atoms with Gasteiger partial charge in [0.05, 0.1) is 16.5 Å². The molecule has 2 aromatic heterocycles. The van der Waals surface area contributed by atoms with Crippen molar-refractivity contribution in [2.24, 2.45) is 5.92 Å². The van der Waals surface area contributed by atoms with Crippen molar-refractivity contribution < 1.29 is 14.7 Å². The van der Waals surface area contributed by atoms with Gasteiger partial charge in [-0.1, -0.05) is 13.0 Å². The molecular weight excluding hydrogens is 278 g/mol. The molecular formula is C13H15N3O3S. The standard InChI is InChI=1S/C13H15N3O3S/c1-8(13(18)19)7-16(2)12(17)10-6-9(14-15-10)11-4-3-5-20-11/h3-6,8H,7H2,1-2H3,(H,14,15)(H,18,19)/t8-/m1/s1. The fourth-order valence-corrected chi connectivity index (χ4v) is 2.45. The minimum absolute atomic E-state index is 0.148. The van der Waals surface area contributed by atoms with E-state index < -0.39 is 11.9 Å². The van der Waals surface area contributed by atoms with Gasteiger partial charge in [-0.2, -0.15) is 5.10 Å². The first kappa shape index (κ1) is 14.3. The molecule has 6 nitrogen and oxygen atoms in total. The lowest BCUT2D eigenvalue weighted by Crippen LogP contribution is -2.33. The van der Waals surface area contributed by atoms with Crippen LogP contribution < -0.4 is 0 Å². The van der Waals surface area contributed by atoms with Crippen LogP contribution in [0.3, 0.4) is 0 Å². The van der Waals surface area contributed by atoms with E-state index in [0.29, 0.717) is 0 Å². The number of carbonyl (C=O) groups is 2. The molecule has 7 heteroatoms. The number of nitrogens with one attached hydrogen (secondary N) is 1. The van der Waals surface area contributed by atoms with Crippen LogP contribution in [0.2, 0.25) is 0 Å². The van der Waals surface area contributed by atoms with Gasteiger partial charge in [0.1, 0.15) is 0 Å². The second-order valence-corrected chi connectivity index (χ2v) is 5.52. The number of aliphatic carboxylic acids is 1. The maximum absolute atomic E-state index is 12.1. The molecule has 106 valence electrons. The number of carboxylic acid groups (broad SMARTS) is 1. The van der Waals surface area contributed by atoms with E-state index in [1.54, 1.807) is 31.4 Å². The van der Waals surface area contributed by atoms with E-state index in [0.717, 1.165) is 10.6 Å². The Morgan fingerprint density at radius 1 is 1.55 bits per heavy atom. The Morgan fingerprint density at radius 3 is 2.90 bits per heavy atom. The van der Waals surface area contributed by atoms with E-state index in [9.17, 15) is 9.59 Å². The summed E-state index contributed by atoms with van der Waals surface area (Å²) < 4.78 is 0. The summed E-state index contributed by atoms with van der Waals surface area (Å²) in [4.78, 5) is 25.3. The predicted octanol–water partition coefficient (Wildman–Crippen LogP) is 1.93. The number of carboxylic acids is 1. The number of nitrogens with zero attached hydrogens (tertiary/aromatic N) is 2. The van der Waals surface area contributed by atoms with Crippen LogP contribution in [0.25, 0.3) is 10.6 Å². The second kappa shape index (κ2) is 5.87. The van der Waals surface area contributed by atoms with Crippen LogP contribution in [0.15, 0.2) is 23.6 Å². The summed E-state index contributed by atoms with van der Waals surface area (Å²) in [5, 5.41) is 17.6. The van der Waals surface area contributed by atoms with Crippen molar-refractivity contribution in [2.75, 3.05) is 13.6 Å². The quantitative estimate of drug-likeness (QED) is 0.882. The zero-order valence-electron chi connectivity index (χ0n) is 11.2. The molecule has 0 unspecified atom stereocenters. The molecule has 0 saturated carbocycles. The van der Waals surface area contributed by atoms with Gasteiger partial charge in [0.15, 0.2) is 5.69 Å². The molecule has 0 aliphatic heterocycles. The number of hydrogen-bond donors (Lipinski definition) is 2. The average molecular weight is 293 g/mol. The number of amides is 1. The molecule has 2 heterocycles. The highest BCUT2D eigenvalue weighted by Crippen LogP contribution is 2.23. The Hall–Kier alpha value is -2.15. The summed E-state index contributed by atoms with van der Waals surface area (Å²) in [5.74, 6) is -1.83. The third-order valence-corrected chi connectivity index (χ3v) is 3.80. The first-order chi connectivity index (χ1) is 9.49. The Kier molecular flexibility index (Phi) is 4.19. The lowest BCUT2D eigenvalue weighted by molar-refractivity contribution is -0.141.